The van der Waals surface area contributed by atoms with Gasteiger partial charge in [-0.25, -0.2) is 13.2 Å². The number of benzene rings is 1. The normalized spacial score (nSPS) is 19.9. The molecule has 1 aliphatic heterocycles. The van der Waals surface area contributed by atoms with Crippen molar-refractivity contribution >= 4 is 16.0 Å². The lowest BCUT2D eigenvalue weighted by atomic mass is 9.98. The summed E-state index contributed by atoms with van der Waals surface area (Å²) in [5, 5.41) is 0. The number of morpholine rings is 1. The van der Waals surface area contributed by atoms with Crippen LogP contribution in [0, 0.1) is 0 Å². The Hall–Kier alpha value is -1.64. The molecule has 0 amide bonds. The maximum absolute atomic E-state index is 12.8. The summed E-state index contributed by atoms with van der Waals surface area (Å²) < 4.78 is 43.1. The molecule has 1 aromatic rings. The average molecular weight is 383 g/mol. The van der Waals surface area contributed by atoms with E-state index in [9.17, 15) is 13.2 Å². The van der Waals surface area contributed by atoms with Crippen LogP contribution in [-0.4, -0.2) is 58.2 Å². The Kier molecular flexibility index (Phi) is 6.16. The fourth-order valence-electron chi connectivity index (χ4n) is 3.34. The number of hydrogen-bond acceptors (Lipinski definition) is 6. The molecule has 0 unspecified atom stereocenters. The fourth-order valence-corrected chi connectivity index (χ4v) is 4.78. The van der Waals surface area contributed by atoms with Crippen LogP contribution in [0.15, 0.2) is 23.1 Å². The zero-order valence-corrected chi connectivity index (χ0v) is 15.8. The summed E-state index contributed by atoms with van der Waals surface area (Å²) in [6.45, 7) is 1.34. The summed E-state index contributed by atoms with van der Waals surface area (Å²) in [6, 6.07) is 4.32. The molecule has 0 N–H and O–H groups in total. The molecule has 1 saturated heterocycles. The Balaban J connectivity index is 1.84. The number of nitrogens with zero attached hydrogens (tertiary/aromatic N) is 1. The number of carbonyl (C=O) groups is 1. The van der Waals surface area contributed by atoms with Gasteiger partial charge in [0.2, 0.25) is 10.0 Å². The molecule has 8 heteroatoms. The molecule has 26 heavy (non-hydrogen) atoms. The lowest BCUT2D eigenvalue weighted by molar-refractivity contribution is 0.0207. The molecule has 3 rings (SSSR count). The molecule has 7 nitrogen and oxygen atoms in total. The largest absolute Gasteiger partial charge is 0.496 e. The molecule has 2 aliphatic rings. The third-order valence-corrected chi connectivity index (χ3v) is 6.72. The van der Waals surface area contributed by atoms with Crippen molar-refractivity contribution in [3.8, 4) is 5.75 Å². The van der Waals surface area contributed by atoms with Crippen molar-refractivity contribution in [3.63, 3.8) is 0 Å². The Morgan fingerprint density at radius 2 is 1.85 bits per heavy atom. The zero-order valence-electron chi connectivity index (χ0n) is 15.0. The minimum absolute atomic E-state index is 0.0656. The first-order valence-corrected chi connectivity index (χ1v) is 10.4. The van der Waals surface area contributed by atoms with Crippen LogP contribution in [0.3, 0.4) is 0 Å². The highest BCUT2D eigenvalue weighted by atomic mass is 32.2. The molecule has 1 aliphatic carbocycles. The summed E-state index contributed by atoms with van der Waals surface area (Å²) in [5.74, 6) is -0.223. The first-order chi connectivity index (χ1) is 12.5. The van der Waals surface area contributed by atoms with Crippen LogP contribution in [0.5, 0.6) is 5.75 Å². The van der Waals surface area contributed by atoms with Gasteiger partial charge < -0.3 is 14.2 Å². The number of sulfonamides is 1. The van der Waals surface area contributed by atoms with E-state index in [0.29, 0.717) is 32.1 Å². The van der Waals surface area contributed by atoms with Gasteiger partial charge >= 0.3 is 5.97 Å². The molecule has 2 fully saturated rings. The fraction of sp³-hybridized carbons (Fsp3) is 0.611. The minimum Gasteiger partial charge on any atom is -0.496 e. The predicted octanol–water partition coefficient (Wildman–Crippen LogP) is 2.21. The van der Waals surface area contributed by atoms with Gasteiger partial charge in [0, 0.05) is 13.1 Å². The number of ether oxygens (including phenoxy) is 3. The van der Waals surface area contributed by atoms with Crippen LogP contribution < -0.4 is 4.74 Å². The third kappa shape index (κ3) is 4.19. The molecule has 1 saturated carbocycles. The summed E-state index contributed by atoms with van der Waals surface area (Å²) in [6.07, 6.45) is 4.83. The monoisotopic (exact) mass is 383 g/mol. The lowest BCUT2D eigenvalue weighted by Crippen LogP contribution is -2.40. The van der Waals surface area contributed by atoms with Crippen LogP contribution >= 0.6 is 0 Å². The van der Waals surface area contributed by atoms with E-state index in [1.54, 1.807) is 0 Å². The zero-order chi connectivity index (χ0) is 18.6. The van der Waals surface area contributed by atoms with E-state index in [-0.39, 0.29) is 16.6 Å². The van der Waals surface area contributed by atoms with Crippen molar-refractivity contribution in [1.29, 1.82) is 0 Å². The van der Waals surface area contributed by atoms with Gasteiger partial charge in [-0.3, -0.25) is 0 Å². The summed E-state index contributed by atoms with van der Waals surface area (Å²) >= 11 is 0. The molecule has 0 radical (unpaired) electrons. The van der Waals surface area contributed by atoms with Crippen molar-refractivity contribution < 1.29 is 27.4 Å². The van der Waals surface area contributed by atoms with Gasteiger partial charge in [0.25, 0.3) is 0 Å². The molecule has 0 atom stereocenters. The molecule has 1 heterocycles. The number of hydrogen-bond donors (Lipinski definition) is 0. The first-order valence-electron chi connectivity index (χ1n) is 8.99. The van der Waals surface area contributed by atoms with Gasteiger partial charge in [-0.2, -0.15) is 4.31 Å². The Morgan fingerprint density at radius 3 is 2.50 bits per heavy atom. The SMILES string of the molecule is COc1ccc(S(=O)(=O)N2CCOCC2)cc1C(=O)OC1CCCCC1. The quantitative estimate of drug-likeness (QED) is 0.725. The van der Waals surface area contributed by atoms with Crippen LogP contribution in [0.2, 0.25) is 0 Å². The molecule has 0 spiro atoms. The van der Waals surface area contributed by atoms with E-state index >= 15 is 0 Å². The summed E-state index contributed by atoms with van der Waals surface area (Å²) in [7, 11) is -2.24. The van der Waals surface area contributed by atoms with E-state index < -0.39 is 16.0 Å². The maximum atomic E-state index is 12.8. The lowest BCUT2D eigenvalue weighted by Gasteiger charge is -2.26. The van der Waals surface area contributed by atoms with Gasteiger partial charge in [0.15, 0.2) is 0 Å². The number of carbonyl (C=O) groups excluding carboxylic acids is 1. The molecule has 1 aromatic carbocycles. The first kappa shape index (κ1) is 19.1. The second-order valence-corrected chi connectivity index (χ2v) is 8.48. The van der Waals surface area contributed by atoms with E-state index in [2.05, 4.69) is 0 Å². The predicted molar refractivity (Wildman–Crippen MR) is 94.9 cm³/mol. The van der Waals surface area contributed by atoms with Crippen LogP contribution in [0.25, 0.3) is 0 Å². The van der Waals surface area contributed by atoms with Crippen LogP contribution in [-0.2, 0) is 19.5 Å². The second kappa shape index (κ2) is 8.37. The minimum atomic E-state index is -3.69. The second-order valence-electron chi connectivity index (χ2n) is 6.54. The number of methoxy groups -OCH3 is 1. The van der Waals surface area contributed by atoms with Crippen molar-refractivity contribution in [3.05, 3.63) is 23.8 Å². The maximum Gasteiger partial charge on any atom is 0.342 e. The van der Waals surface area contributed by atoms with Crippen molar-refractivity contribution in [1.82, 2.24) is 4.31 Å². The molecule has 144 valence electrons. The molecule has 0 bridgehead atoms. The highest BCUT2D eigenvalue weighted by Crippen LogP contribution is 2.28. The van der Waals surface area contributed by atoms with Gasteiger partial charge in [-0.15, -0.1) is 0 Å². The summed E-state index contributed by atoms with van der Waals surface area (Å²) in [5.41, 5.74) is 0.146. The Morgan fingerprint density at radius 1 is 1.15 bits per heavy atom. The Labute approximate surface area is 154 Å². The summed E-state index contributed by atoms with van der Waals surface area (Å²) in [4.78, 5) is 12.7. The van der Waals surface area contributed by atoms with Gasteiger partial charge in [-0.1, -0.05) is 6.42 Å². The molecular formula is C18H25NO6S. The number of esters is 1. The topological polar surface area (TPSA) is 82.1 Å². The highest BCUT2D eigenvalue weighted by Gasteiger charge is 2.29. The van der Waals surface area contributed by atoms with E-state index in [1.807, 2.05) is 0 Å². The van der Waals surface area contributed by atoms with Crippen molar-refractivity contribution in [2.24, 2.45) is 0 Å². The standard InChI is InChI=1S/C18H25NO6S/c1-23-17-8-7-15(26(21,22)19-9-11-24-12-10-19)13-16(17)18(20)25-14-5-3-2-4-6-14/h7-8,13-14H,2-6,9-12H2,1H3. The number of rotatable bonds is 5. The van der Waals surface area contributed by atoms with Crippen molar-refractivity contribution in [2.75, 3.05) is 33.4 Å². The van der Waals surface area contributed by atoms with Crippen LogP contribution in [0.4, 0.5) is 0 Å². The average Bonchev–Trinajstić information content (AvgIpc) is 2.69. The van der Waals surface area contributed by atoms with Gasteiger partial charge in [-0.05, 0) is 43.9 Å². The van der Waals surface area contributed by atoms with E-state index in [0.717, 1.165) is 32.1 Å². The molecule has 0 aromatic heterocycles. The van der Waals surface area contributed by atoms with Gasteiger partial charge in [0.1, 0.15) is 17.4 Å². The smallest absolute Gasteiger partial charge is 0.342 e. The van der Waals surface area contributed by atoms with E-state index in [1.165, 1.54) is 29.6 Å². The van der Waals surface area contributed by atoms with E-state index in [4.69, 9.17) is 14.2 Å². The van der Waals surface area contributed by atoms with Crippen LogP contribution in [0.1, 0.15) is 42.5 Å². The van der Waals surface area contributed by atoms with Crippen molar-refractivity contribution in [2.45, 2.75) is 43.1 Å². The Bertz CT molecular complexity index is 736. The van der Waals surface area contributed by atoms with Gasteiger partial charge in [0.05, 0.1) is 25.2 Å². The third-order valence-electron chi connectivity index (χ3n) is 4.82. The molecular weight excluding hydrogens is 358 g/mol. The highest BCUT2D eigenvalue weighted by molar-refractivity contribution is 7.89.